The van der Waals surface area contributed by atoms with Gasteiger partial charge in [0.15, 0.2) is 0 Å². The van der Waals surface area contributed by atoms with Gasteiger partial charge in [-0.05, 0) is 50.2 Å². The van der Waals surface area contributed by atoms with Crippen LogP contribution in [-0.2, 0) is 0 Å². The summed E-state index contributed by atoms with van der Waals surface area (Å²) in [6, 6.07) is 11.9. The zero-order valence-electron chi connectivity index (χ0n) is 12.8. The molecule has 0 atom stereocenters. The van der Waals surface area contributed by atoms with Crippen LogP contribution >= 0.6 is 0 Å². The Morgan fingerprint density at radius 2 is 1.77 bits per heavy atom. The average molecular weight is 295 g/mol. The lowest BCUT2D eigenvalue weighted by Crippen LogP contribution is -2.05. The van der Waals surface area contributed by atoms with E-state index in [0.717, 1.165) is 28.0 Å². The molecule has 0 aliphatic heterocycles. The Kier molecular flexibility index (Phi) is 3.87. The minimum absolute atomic E-state index is 0.146. The molecule has 0 fully saturated rings. The molecule has 1 aromatic carbocycles. The SMILES string of the molecule is COc1nc(-c2ccc(OC(C)C)cc2)c2ncccc2n1. The molecule has 22 heavy (non-hydrogen) atoms. The topological polar surface area (TPSA) is 57.1 Å². The minimum Gasteiger partial charge on any atom is -0.491 e. The van der Waals surface area contributed by atoms with Crippen molar-refractivity contribution in [2.45, 2.75) is 20.0 Å². The Morgan fingerprint density at radius 1 is 1.00 bits per heavy atom. The number of nitrogens with zero attached hydrogens (tertiary/aromatic N) is 3. The fourth-order valence-corrected chi connectivity index (χ4v) is 2.20. The summed E-state index contributed by atoms with van der Waals surface area (Å²) in [6.07, 6.45) is 1.88. The fraction of sp³-hybridized carbons (Fsp3) is 0.235. The molecule has 0 aliphatic rings. The molecule has 112 valence electrons. The van der Waals surface area contributed by atoms with Crippen LogP contribution in [0.4, 0.5) is 0 Å². The van der Waals surface area contributed by atoms with Crippen molar-refractivity contribution in [3.63, 3.8) is 0 Å². The van der Waals surface area contributed by atoms with E-state index in [-0.39, 0.29) is 6.10 Å². The monoisotopic (exact) mass is 295 g/mol. The highest BCUT2D eigenvalue weighted by Crippen LogP contribution is 2.27. The van der Waals surface area contributed by atoms with Crippen molar-refractivity contribution >= 4 is 11.0 Å². The lowest BCUT2D eigenvalue weighted by molar-refractivity contribution is 0.242. The second-order valence-corrected chi connectivity index (χ2v) is 5.12. The van der Waals surface area contributed by atoms with Crippen molar-refractivity contribution < 1.29 is 9.47 Å². The molecule has 5 heteroatoms. The number of hydrogen-bond donors (Lipinski definition) is 0. The van der Waals surface area contributed by atoms with Crippen LogP contribution in [-0.4, -0.2) is 28.2 Å². The summed E-state index contributed by atoms with van der Waals surface area (Å²) < 4.78 is 10.9. The van der Waals surface area contributed by atoms with Gasteiger partial charge in [0.2, 0.25) is 0 Å². The molecule has 0 saturated carbocycles. The normalized spacial score (nSPS) is 10.9. The highest BCUT2D eigenvalue weighted by atomic mass is 16.5. The summed E-state index contributed by atoms with van der Waals surface area (Å²) in [4.78, 5) is 13.2. The van der Waals surface area contributed by atoms with E-state index in [9.17, 15) is 0 Å². The Balaban J connectivity index is 2.08. The molecule has 3 rings (SSSR count). The van der Waals surface area contributed by atoms with Crippen molar-refractivity contribution in [1.29, 1.82) is 0 Å². The zero-order valence-corrected chi connectivity index (χ0v) is 12.8. The van der Waals surface area contributed by atoms with Gasteiger partial charge in [0.05, 0.1) is 18.7 Å². The summed E-state index contributed by atoms with van der Waals surface area (Å²) in [5, 5.41) is 0. The molecule has 0 unspecified atom stereocenters. The van der Waals surface area contributed by atoms with Crippen LogP contribution in [0.2, 0.25) is 0 Å². The quantitative estimate of drug-likeness (QED) is 0.737. The molecule has 5 nitrogen and oxygen atoms in total. The molecule has 0 radical (unpaired) electrons. The fourth-order valence-electron chi connectivity index (χ4n) is 2.20. The number of rotatable bonds is 4. The van der Waals surface area contributed by atoms with Gasteiger partial charge in [0.1, 0.15) is 17.0 Å². The van der Waals surface area contributed by atoms with Gasteiger partial charge >= 0.3 is 6.01 Å². The van der Waals surface area contributed by atoms with Crippen LogP contribution in [0.25, 0.3) is 22.3 Å². The van der Waals surface area contributed by atoms with E-state index in [0.29, 0.717) is 6.01 Å². The standard InChI is InChI=1S/C17H17N3O2/c1-11(2)22-13-8-6-12(7-9-13)15-16-14(5-4-10-18-16)19-17(20-15)21-3/h4-11H,1-3H3. The number of benzene rings is 1. The van der Waals surface area contributed by atoms with Gasteiger partial charge in [0, 0.05) is 11.8 Å². The molecular weight excluding hydrogens is 278 g/mol. The van der Waals surface area contributed by atoms with Crippen LogP contribution in [0.3, 0.4) is 0 Å². The largest absolute Gasteiger partial charge is 0.491 e. The van der Waals surface area contributed by atoms with Crippen LogP contribution in [0, 0.1) is 0 Å². The number of aromatic nitrogens is 3. The number of methoxy groups -OCH3 is 1. The third kappa shape index (κ3) is 2.83. The Labute approximate surface area is 129 Å². The van der Waals surface area contributed by atoms with Crippen LogP contribution < -0.4 is 9.47 Å². The third-order valence-electron chi connectivity index (χ3n) is 3.12. The summed E-state index contributed by atoms with van der Waals surface area (Å²) in [5.74, 6) is 0.831. The van der Waals surface area contributed by atoms with E-state index in [1.54, 1.807) is 13.3 Å². The predicted octanol–water partition coefficient (Wildman–Crippen LogP) is 3.49. The maximum Gasteiger partial charge on any atom is 0.317 e. The van der Waals surface area contributed by atoms with Gasteiger partial charge in [-0.3, -0.25) is 4.98 Å². The van der Waals surface area contributed by atoms with Crippen LogP contribution in [0.15, 0.2) is 42.6 Å². The minimum atomic E-state index is 0.146. The third-order valence-corrected chi connectivity index (χ3v) is 3.12. The predicted molar refractivity (Wildman–Crippen MR) is 85.1 cm³/mol. The maximum absolute atomic E-state index is 5.66. The van der Waals surface area contributed by atoms with Gasteiger partial charge in [-0.15, -0.1) is 0 Å². The summed E-state index contributed by atoms with van der Waals surface area (Å²) in [6.45, 7) is 4.00. The van der Waals surface area contributed by atoms with Gasteiger partial charge in [-0.25, -0.2) is 0 Å². The first-order chi connectivity index (χ1) is 10.7. The first kappa shape index (κ1) is 14.3. The van der Waals surface area contributed by atoms with Crippen LogP contribution in [0.5, 0.6) is 11.8 Å². The highest BCUT2D eigenvalue weighted by molar-refractivity contribution is 5.89. The molecule has 0 amide bonds. The smallest absolute Gasteiger partial charge is 0.317 e. The zero-order chi connectivity index (χ0) is 15.5. The first-order valence-electron chi connectivity index (χ1n) is 7.11. The van der Waals surface area contributed by atoms with Crippen LogP contribution in [0.1, 0.15) is 13.8 Å². The van der Waals surface area contributed by atoms with E-state index in [1.807, 2.05) is 50.2 Å². The second kappa shape index (κ2) is 5.97. The molecule has 0 N–H and O–H groups in total. The first-order valence-corrected chi connectivity index (χ1v) is 7.11. The second-order valence-electron chi connectivity index (χ2n) is 5.12. The van der Waals surface area contributed by atoms with E-state index < -0.39 is 0 Å². The van der Waals surface area contributed by atoms with Crippen molar-refractivity contribution in [1.82, 2.24) is 15.0 Å². The number of hydrogen-bond acceptors (Lipinski definition) is 5. The van der Waals surface area contributed by atoms with E-state index in [1.165, 1.54) is 0 Å². The van der Waals surface area contributed by atoms with E-state index in [4.69, 9.17) is 9.47 Å². The molecule has 0 bridgehead atoms. The number of fused-ring (bicyclic) bond motifs is 1. The molecular formula is C17H17N3O2. The summed E-state index contributed by atoms with van der Waals surface area (Å²) in [7, 11) is 1.56. The highest BCUT2D eigenvalue weighted by Gasteiger charge is 2.11. The lowest BCUT2D eigenvalue weighted by atomic mass is 10.1. The molecule has 0 saturated heterocycles. The Bertz CT molecular complexity index is 786. The number of pyridine rings is 1. The van der Waals surface area contributed by atoms with Gasteiger partial charge in [-0.2, -0.15) is 9.97 Å². The summed E-state index contributed by atoms with van der Waals surface area (Å²) in [5.41, 5.74) is 3.20. The Hall–Kier alpha value is -2.69. The summed E-state index contributed by atoms with van der Waals surface area (Å²) >= 11 is 0. The molecule has 0 spiro atoms. The molecule has 0 aliphatic carbocycles. The van der Waals surface area contributed by atoms with Crippen molar-refractivity contribution in [2.24, 2.45) is 0 Å². The number of ether oxygens (including phenoxy) is 2. The van der Waals surface area contributed by atoms with Gasteiger partial charge in [-0.1, -0.05) is 0 Å². The molecule has 3 aromatic rings. The van der Waals surface area contributed by atoms with E-state index in [2.05, 4.69) is 15.0 Å². The van der Waals surface area contributed by atoms with E-state index >= 15 is 0 Å². The average Bonchev–Trinajstić information content (AvgIpc) is 2.54. The van der Waals surface area contributed by atoms with Crippen molar-refractivity contribution in [3.05, 3.63) is 42.6 Å². The van der Waals surface area contributed by atoms with Crippen molar-refractivity contribution in [2.75, 3.05) is 7.11 Å². The van der Waals surface area contributed by atoms with Gasteiger partial charge in [0.25, 0.3) is 0 Å². The molecule has 2 aromatic heterocycles. The van der Waals surface area contributed by atoms with Gasteiger partial charge < -0.3 is 9.47 Å². The van der Waals surface area contributed by atoms with Crippen molar-refractivity contribution in [3.8, 4) is 23.0 Å². The lowest BCUT2D eigenvalue weighted by Gasteiger charge is -2.11. The Morgan fingerprint density at radius 3 is 2.45 bits per heavy atom. The maximum atomic E-state index is 5.66. The molecule has 2 heterocycles.